The molecule has 3 aliphatic rings. The highest BCUT2D eigenvalue weighted by molar-refractivity contribution is 5.00. The van der Waals surface area contributed by atoms with Crippen LogP contribution < -0.4 is 0 Å². The molecule has 3 heterocycles. The molecular formula is C15H26O7. The predicted molar refractivity (Wildman–Crippen MR) is 75.2 cm³/mol. The van der Waals surface area contributed by atoms with Gasteiger partial charge in [0.1, 0.15) is 24.4 Å². The molecule has 0 saturated carbocycles. The largest absolute Gasteiger partial charge is 0.382 e. The second-order valence-electron chi connectivity index (χ2n) is 6.78. The van der Waals surface area contributed by atoms with Gasteiger partial charge in [-0.05, 0) is 27.7 Å². The van der Waals surface area contributed by atoms with Gasteiger partial charge < -0.3 is 33.2 Å². The molecule has 3 saturated heterocycles. The van der Waals surface area contributed by atoms with E-state index < -0.39 is 17.9 Å². The van der Waals surface area contributed by atoms with E-state index in [0.29, 0.717) is 19.8 Å². The summed E-state index contributed by atoms with van der Waals surface area (Å²) in [6, 6.07) is 0. The van der Waals surface area contributed by atoms with Crippen molar-refractivity contribution in [1.29, 1.82) is 0 Å². The summed E-state index contributed by atoms with van der Waals surface area (Å²) in [4.78, 5) is 0. The molecule has 0 aromatic heterocycles. The molecule has 0 spiro atoms. The third-order valence-corrected chi connectivity index (χ3v) is 3.96. The smallest absolute Gasteiger partial charge is 0.190 e. The fourth-order valence-electron chi connectivity index (χ4n) is 3.17. The normalized spacial score (nSPS) is 42.1. The van der Waals surface area contributed by atoms with Crippen molar-refractivity contribution in [2.75, 3.05) is 26.9 Å². The minimum atomic E-state index is -0.693. The zero-order valence-corrected chi connectivity index (χ0v) is 13.9. The van der Waals surface area contributed by atoms with Crippen molar-refractivity contribution in [2.24, 2.45) is 0 Å². The van der Waals surface area contributed by atoms with Gasteiger partial charge in [-0.15, -0.1) is 0 Å². The van der Waals surface area contributed by atoms with Crippen LogP contribution in [0.5, 0.6) is 0 Å². The van der Waals surface area contributed by atoms with E-state index in [9.17, 15) is 0 Å². The number of methoxy groups -OCH3 is 1. The Morgan fingerprint density at radius 2 is 1.45 bits per heavy atom. The van der Waals surface area contributed by atoms with E-state index in [2.05, 4.69) is 0 Å². The summed E-state index contributed by atoms with van der Waals surface area (Å²) < 4.78 is 40.4. The predicted octanol–water partition coefficient (Wildman–Crippen LogP) is 1.05. The zero-order chi connectivity index (χ0) is 16.0. The summed E-state index contributed by atoms with van der Waals surface area (Å²) in [7, 11) is 1.64. The Morgan fingerprint density at radius 3 is 2.18 bits per heavy atom. The topological polar surface area (TPSA) is 64.6 Å². The van der Waals surface area contributed by atoms with Crippen LogP contribution in [0.2, 0.25) is 0 Å². The molecule has 0 aliphatic carbocycles. The number of hydrogen-bond acceptors (Lipinski definition) is 7. The van der Waals surface area contributed by atoms with E-state index in [-0.39, 0.29) is 24.4 Å². The van der Waals surface area contributed by atoms with E-state index in [1.807, 2.05) is 27.7 Å². The summed E-state index contributed by atoms with van der Waals surface area (Å²) >= 11 is 0. The standard InChI is InChI=1S/C15H26O7/c1-14(2)19-10-9(8-17-7-6-16-5)18-13-12(11(10)20-14)21-15(3,4)22-13/h9-13H,6-8H2,1-5H3/t9-,10+,11+,12-,13-/m1/s1. The highest BCUT2D eigenvalue weighted by Crippen LogP contribution is 2.44. The highest BCUT2D eigenvalue weighted by atomic mass is 16.9. The Morgan fingerprint density at radius 1 is 0.818 bits per heavy atom. The fourth-order valence-corrected chi connectivity index (χ4v) is 3.17. The molecule has 0 aromatic carbocycles. The van der Waals surface area contributed by atoms with Crippen molar-refractivity contribution in [2.45, 2.75) is 70.0 Å². The first-order valence-electron chi connectivity index (χ1n) is 7.75. The molecule has 22 heavy (non-hydrogen) atoms. The van der Waals surface area contributed by atoms with E-state index in [4.69, 9.17) is 33.2 Å². The third-order valence-electron chi connectivity index (χ3n) is 3.96. The molecule has 0 bridgehead atoms. The molecule has 128 valence electrons. The highest BCUT2D eigenvalue weighted by Gasteiger charge is 2.60. The van der Waals surface area contributed by atoms with E-state index >= 15 is 0 Å². The summed E-state index contributed by atoms with van der Waals surface area (Å²) in [5.41, 5.74) is 0. The van der Waals surface area contributed by atoms with Gasteiger partial charge in [0.05, 0.1) is 19.8 Å². The first-order chi connectivity index (χ1) is 10.3. The zero-order valence-electron chi connectivity index (χ0n) is 13.9. The maximum absolute atomic E-state index is 6.03. The van der Waals surface area contributed by atoms with Gasteiger partial charge in [-0.1, -0.05) is 0 Å². The molecule has 0 N–H and O–H groups in total. The second-order valence-corrected chi connectivity index (χ2v) is 6.78. The molecule has 7 nitrogen and oxygen atoms in total. The van der Waals surface area contributed by atoms with Crippen LogP contribution in [0.4, 0.5) is 0 Å². The van der Waals surface area contributed by atoms with E-state index in [0.717, 1.165) is 0 Å². The van der Waals surface area contributed by atoms with E-state index in [1.54, 1.807) is 7.11 Å². The van der Waals surface area contributed by atoms with Gasteiger partial charge >= 0.3 is 0 Å². The summed E-state index contributed by atoms with van der Waals surface area (Å²) in [5.74, 6) is -1.36. The minimum absolute atomic E-state index is 0.230. The van der Waals surface area contributed by atoms with Crippen LogP contribution >= 0.6 is 0 Å². The van der Waals surface area contributed by atoms with Gasteiger partial charge in [0.2, 0.25) is 0 Å². The van der Waals surface area contributed by atoms with Crippen LogP contribution in [-0.2, 0) is 33.2 Å². The van der Waals surface area contributed by atoms with Gasteiger partial charge in [0.15, 0.2) is 17.9 Å². The molecule has 3 fully saturated rings. The summed E-state index contributed by atoms with van der Waals surface area (Å²) in [5, 5.41) is 0. The SMILES string of the molecule is COCCOC[C@H]1O[C@@H]2OC(C)(C)O[C@@H]2[C@H]2OC(C)(C)O[C@H]21. The molecule has 3 aliphatic heterocycles. The average Bonchev–Trinajstić information content (AvgIpc) is 2.89. The maximum Gasteiger partial charge on any atom is 0.190 e. The van der Waals surface area contributed by atoms with E-state index in [1.165, 1.54) is 0 Å². The lowest BCUT2D eigenvalue weighted by atomic mass is 9.99. The van der Waals surface area contributed by atoms with Crippen molar-refractivity contribution in [3.05, 3.63) is 0 Å². The number of hydrogen-bond donors (Lipinski definition) is 0. The third kappa shape index (κ3) is 3.31. The Kier molecular flexibility index (Phi) is 4.50. The maximum atomic E-state index is 6.03. The van der Waals surface area contributed by atoms with Crippen molar-refractivity contribution >= 4 is 0 Å². The van der Waals surface area contributed by atoms with Crippen LogP contribution in [0.1, 0.15) is 27.7 Å². The number of fused-ring (bicyclic) bond motifs is 3. The van der Waals surface area contributed by atoms with Crippen LogP contribution in [0.15, 0.2) is 0 Å². The molecule has 5 atom stereocenters. The first-order valence-corrected chi connectivity index (χ1v) is 7.75. The van der Waals surface area contributed by atoms with Crippen molar-refractivity contribution in [3.8, 4) is 0 Å². The lowest BCUT2D eigenvalue weighted by molar-refractivity contribution is -0.243. The summed E-state index contributed by atoms with van der Waals surface area (Å²) in [6.45, 7) is 8.98. The average molecular weight is 318 g/mol. The lowest BCUT2D eigenvalue weighted by Gasteiger charge is -2.37. The second kappa shape index (κ2) is 5.98. The van der Waals surface area contributed by atoms with Crippen molar-refractivity contribution in [3.63, 3.8) is 0 Å². The Bertz CT molecular complexity index is 397. The van der Waals surface area contributed by atoms with Crippen LogP contribution in [0.3, 0.4) is 0 Å². The van der Waals surface area contributed by atoms with Crippen molar-refractivity contribution < 1.29 is 33.2 Å². The first kappa shape index (κ1) is 16.6. The monoisotopic (exact) mass is 318 g/mol. The van der Waals surface area contributed by atoms with Crippen LogP contribution in [-0.4, -0.2) is 69.2 Å². The van der Waals surface area contributed by atoms with Gasteiger partial charge in [-0.3, -0.25) is 0 Å². The molecule has 3 rings (SSSR count). The Hall–Kier alpha value is -0.280. The fraction of sp³-hybridized carbons (Fsp3) is 1.00. The van der Waals surface area contributed by atoms with Crippen LogP contribution in [0.25, 0.3) is 0 Å². The Balaban J connectivity index is 1.69. The number of rotatable bonds is 5. The molecule has 7 heteroatoms. The van der Waals surface area contributed by atoms with Gasteiger partial charge in [0.25, 0.3) is 0 Å². The molecule has 0 amide bonds. The molecular weight excluding hydrogens is 292 g/mol. The van der Waals surface area contributed by atoms with Gasteiger partial charge in [-0.25, -0.2) is 0 Å². The quantitative estimate of drug-likeness (QED) is 0.702. The molecule has 0 aromatic rings. The van der Waals surface area contributed by atoms with Gasteiger partial charge in [-0.2, -0.15) is 0 Å². The Labute approximate surface area is 131 Å². The molecule has 0 radical (unpaired) electrons. The number of ether oxygens (including phenoxy) is 7. The lowest BCUT2D eigenvalue weighted by Crippen LogP contribution is -2.56. The van der Waals surface area contributed by atoms with Crippen LogP contribution in [0, 0.1) is 0 Å². The van der Waals surface area contributed by atoms with Crippen molar-refractivity contribution in [1.82, 2.24) is 0 Å². The minimum Gasteiger partial charge on any atom is -0.382 e. The van der Waals surface area contributed by atoms with Gasteiger partial charge in [0, 0.05) is 7.11 Å². The molecule has 0 unspecified atom stereocenters. The summed E-state index contributed by atoms with van der Waals surface area (Å²) in [6.07, 6.45) is -1.49.